The number of hydrogen-bond donors (Lipinski definition) is 0. The number of halogens is 1. The Morgan fingerprint density at radius 1 is 0.727 bits per heavy atom. The number of hydrogen-bond acceptors (Lipinski definition) is 3. The van der Waals surface area contributed by atoms with Crippen LogP contribution in [0.1, 0.15) is 110 Å². The Morgan fingerprint density at radius 3 is 1.45 bits per heavy atom. The number of rotatable bonds is 17. The summed E-state index contributed by atoms with van der Waals surface area (Å²) in [5.74, 6) is -0.405. The second kappa shape index (κ2) is 18.8. The molecule has 0 heterocycles. The van der Waals surface area contributed by atoms with Crippen LogP contribution in [0.4, 0.5) is 0 Å². The fourth-order valence-electron chi connectivity index (χ4n) is 2.71. The molecule has 0 fully saturated rings. The van der Waals surface area contributed by atoms with Crippen molar-refractivity contribution in [1.82, 2.24) is 0 Å². The van der Waals surface area contributed by atoms with E-state index in [4.69, 9.17) is 0 Å². The molecule has 0 radical (unpaired) electrons. The third-order valence-corrected chi connectivity index (χ3v) is 4.34. The Bertz CT molecular complexity index is 234. The quantitative estimate of drug-likeness (QED) is 0.349. The molecule has 0 aromatic rings. The molecule has 0 atom stereocenters. The minimum atomic E-state index is -0.405. The van der Waals surface area contributed by atoms with Gasteiger partial charge in [0.05, 0.1) is 6.42 Å². The molecule has 0 unspecified atom stereocenters. The summed E-state index contributed by atoms with van der Waals surface area (Å²) in [5, 5.41) is 0. The fraction of sp³-hybridized carbons (Fsp3) is 0.944. The van der Waals surface area contributed by atoms with E-state index in [1.807, 2.05) is 0 Å². The minimum absolute atomic E-state index is 0.322. The van der Waals surface area contributed by atoms with Crippen molar-refractivity contribution in [2.24, 2.45) is 0 Å². The lowest BCUT2D eigenvalue weighted by molar-refractivity contribution is -1.26. The zero-order chi connectivity index (χ0) is 16.3. The Kier molecular flexibility index (Phi) is 18.5. The summed E-state index contributed by atoms with van der Waals surface area (Å²) in [4.78, 5) is 10.9. The number of carbonyl (C=O) groups excluding carboxylic acids is 1. The van der Waals surface area contributed by atoms with Crippen molar-refractivity contribution in [3.8, 4) is 0 Å². The Labute approximate surface area is 141 Å². The average molecular weight is 335 g/mol. The van der Waals surface area contributed by atoms with Crippen LogP contribution in [0.2, 0.25) is 0 Å². The van der Waals surface area contributed by atoms with Crippen molar-refractivity contribution in [3.63, 3.8) is 0 Å². The Hall–Kier alpha value is -0.280. The van der Waals surface area contributed by atoms with Crippen LogP contribution >= 0.6 is 0 Å². The van der Waals surface area contributed by atoms with Crippen LogP contribution in [0.5, 0.6) is 0 Å². The lowest BCUT2D eigenvalue weighted by atomic mass is 10.0. The zero-order valence-electron chi connectivity index (χ0n) is 14.4. The van der Waals surface area contributed by atoms with Crippen molar-refractivity contribution in [2.75, 3.05) is 0 Å². The first kappa shape index (κ1) is 21.7. The van der Waals surface area contributed by atoms with E-state index in [2.05, 4.69) is 11.2 Å². The highest BCUT2D eigenvalue weighted by molar-refractivity contribution is 5.68. The summed E-state index contributed by atoms with van der Waals surface area (Å²) in [5.41, 5.74) is 0. The van der Waals surface area contributed by atoms with E-state index in [-0.39, 0.29) is 0 Å². The number of unbranched alkanes of at least 4 members (excludes halogenated alkanes) is 14. The van der Waals surface area contributed by atoms with Gasteiger partial charge in [-0.25, -0.2) is 4.79 Å². The van der Waals surface area contributed by atoms with Gasteiger partial charge in [-0.3, -0.25) is 0 Å². The summed E-state index contributed by atoms with van der Waals surface area (Å²) in [7, 11) is 0. The van der Waals surface area contributed by atoms with Gasteiger partial charge < -0.3 is 4.66 Å². The Morgan fingerprint density at radius 2 is 1.09 bits per heavy atom. The molecule has 0 rings (SSSR count). The third-order valence-electron chi connectivity index (χ3n) is 4.10. The highest BCUT2D eigenvalue weighted by Gasteiger charge is 2.07. The van der Waals surface area contributed by atoms with Crippen LogP contribution in [0, 0.1) is 11.3 Å². The van der Waals surface area contributed by atoms with Gasteiger partial charge in [0.15, 0.2) is 0 Å². The van der Waals surface area contributed by atoms with Gasteiger partial charge in [0.2, 0.25) is 0 Å². The van der Waals surface area contributed by atoms with E-state index >= 15 is 0 Å². The average Bonchev–Trinajstić information content (AvgIpc) is 2.51. The third kappa shape index (κ3) is 17.8. The largest absolute Gasteiger partial charge is 0.495 e. The van der Waals surface area contributed by atoms with E-state index in [1.165, 1.54) is 83.5 Å². The molecule has 0 aliphatic carbocycles. The summed E-state index contributed by atoms with van der Waals surface area (Å²) in [6.45, 7) is 2.27. The molecule has 0 aliphatic heterocycles. The first-order valence-corrected chi connectivity index (χ1v) is 9.89. The second-order valence-corrected chi connectivity index (χ2v) is 6.49. The highest BCUT2D eigenvalue weighted by Crippen LogP contribution is 2.13. The predicted octanol–water partition coefficient (Wildman–Crippen LogP) is 5.07. The molecule has 0 saturated heterocycles. The normalized spacial score (nSPS) is 10.8. The lowest BCUT2D eigenvalue weighted by Gasteiger charge is -2.03. The van der Waals surface area contributed by atoms with Gasteiger partial charge in [-0.1, -0.05) is 96.8 Å². The Balaban J connectivity index is 3.01. The predicted molar refractivity (Wildman–Crippen MR) is 85.6 cm³/mol. The van der Waals surface area contributed by atoms with Crippen molar-refractivity contribution < 1.29 is 25.1 Å². The van der Waals surface area contributed by atoms with Crippen molar-refractivity contribution in [3.05, 3.63) is 0 Å². The van der Waals surface area contributed by atoms with Crippen molar-refractivity contribution in [1.29, 1.82) is 0 Å². The molecule has 4 heteroatoms. The van der Waals surface area contributed by atoms with E-state index < -0.39 is 5.97 Å². The topological polar surface area (TPSA) is 49.4 Å². The molecular formula is C18H35ClO3. The van der Waals surface area contributed by atoms with Gasteiger partial charge in [-0.05, 0) is 6.42 Å². The molecule has 0 aliphatic rings. The second-order valence-electron chi connectivity index (χ2n) is 6.21. The first-order chi connectivity index (χ1) is 10.8. The summed E-state index contributed by atoms with van der Waals surface area (Å²) in [6.07, 6.45) is 20.0. The van der Waals surface area contributed by atoms with Crippen LogP contribution in [0.3, 0.4) is 0 Å². The summed E-state index contributed by atoms with van der Waals surface area (Å²) >= 11 is 0.322. The van der Waals surface area contributed by atoms with Crippen LogP contribution in [-0.4, -0.2) is 5.97 Å². The smallest absolute Gasteiger partial charge is 0.396 e. The molecule has 3 nitrogen and oxygen atoms in total. The van der Waals surface area contributed by atoms with Gasteiger partial charge in [-0.2, -0.15) is 4.29 Å². The van der Waals surface area contributed by atoms with Crippen molar-refractivity contribution in [2.45, 2.75) is 110 Å². The van der Waals surface area contributed by atoms with Gasteiger partial charge >= 0.3 is 17.3 Å². The fourth-order valence-corrected chi connectivity index (χ4v) is 2.86. The van der Waals surface area contributed by atoms with Crippen LogP contribution in [-0.2, 0) is 9.08 Å². The highest BCUT2D eigenvalue weighted by atomic mass is 35.6. The van der Waals surface area contributed by atoms with Gasteiger partial charge in [0.1, 0.15) is 0 Å². The van der Waals surface area contributed by atoms with Crippen LogP contribution in [0.15, 0.2) is 0 Å². The van der Waals surface area contributed by atoms with Gasteiger partial charge in [0, 0.05) is 0 Å². The maximum absolute atomic E-state index is 10.9. The molecule has 0 aromatic carbocycles. The monoisotopic (exact) mass is 334 g/mol. The summed E-state index contributed by atoms with van der Waals surface area (Å²) in [6, 6.07) is 0. The van der Waals surface area contributed by atoms with E-state index in [9.17, 15) is 9.45 Å². The molecular weight excluding hydrogens is 300 g/mol. The number of carbonyl (C=O) groups is 1. The maximum atomic E-state index is 10.9. The molecule has 132 valence electrons. The van der Waals surface area contributed by atoms with Crippen LogP contribution < -0.4 is 4.66 Å². The van der Waals surface area contributed by atoms with E-state index in [1.54, 1.807) is 0 Å². The van der Waals surface area contributed by atoms with Crippen LogP contribution in [0.25, 0.3) is 0 Å². The SMILES string of the molecule is CCCCCCCCCCCCCCCCCC(=O)O[Cl+][O-]. The lowest BCUT2D eigenvalue weighted by Crippen LogP contribution is -2.10. The molecule has 0 bridgehead atoms. The van der Waals surface area contributed by atoms with Gasteiger partial charge in [0.25, 0.3) is 0 Å². The molecule has 0 saturated carbocycles. The molecule has 0 aromatic heterocycles. The minimum Gasteiger partial charge on any atom is -0.495 e. The summed E-state index contributed by atoms with van der Waals surface area (Å²) < 4.78 is 14.1. The van der Waals surface area contributed by atoms with E-state index in [0.29, 0.717) is 17.7 Å². The molecule has 0 N–H and O–H groups in total. The van der Waals surface area contributed by atoms with E-state index in [0.717, 1.165) is 12.8 Å². The first-order valence-electron chi connectivity index (χ1n) is 9.28. The van der Waals surface area contributed by atoms with Crippen molar-refractivity contribution >= 4 is 5.97 Å². The standard InChI is InChI=1S/C18H35ClO3/c1-2-3-4-5-6-7-8-9-10-11-12-13-14-15-16-17-18(20)22-19-21/h2-17H2,1H3. The molecule has 22 heavy (non-hydrogen) atoms. The molecule has 0 spiro atoms. The van der Waals surface area contributed by atoms with Gasteiger partial charge in [-0.15, -0.1) is 0 Å². The maximum Gasteiger partial charge on any atom is 0.396 e. The zero-order valence-corrected chi connectivity index (χ0v) is 15.2. The molecule has 0 amide bonds.